The van der Waals surface area contributed by atoms with Crippen molar-refractivity contribution in [2.24, 2.45) is 5.73 Å². The molecule has 7 nitrogen and oxygen atoms in total. The van der Waals surface area contributed by atoms with Gasteiger partial charge in [-0.1, -0.05) is 54.6 Å². The summed E-state index contributed by atoms with van der Waals surface area (Å²) in [5, 5.41) is 9.18. The molecule has 5 rings (SSSR count). The molecule has 0 radical (unpaired) electrons. The van der Waals surface area contributed by atoms with Crippen molar-refractivity contribution in [1.82, 2.24) is 4.98 Å². The van der Waals surface area contributed by atoms with Crippen molar-refractivity contribution in [2.45, 2.75) is 24.8 Å². The van der Waals surface area contributed by atoms with Crippen LogP contribution in [0.4, 0.5) is 5.69 Å². The number of hydrogen-bond donors (Lipinski definition) is 1. The van der Waals surface area contributed by atoms with Crippen LogP contribution < -0.4 is 14.8 Å². The fourth-order valence-electron chi connectivity index (χ4n) is 4.23. The number of nitrogens with two attached hydrogens (primary N) is 1. The molecule has 2 heterocycles. The third-order valence-corrected chi connectivity index (χ3v) is 7.61. The second-order valence-electron chi connectivity index (χ2n) is 8.20. The Kier molecular flexibility index (Phi) is 4.88. The Bertz CT molecular complexity index is 1310. The molecule has 0 bridgehead atoms. The van der Waals surface area contributed by atoms with Crippen LogP contribution in [0, 0.1) is 11.3 Å². The van der Waals surface area contributed by atoms with Crippen LogP contribution in [0.5, 0.6) is 5.88 Å². The van der Waals surface area contributed by atoms with Gasteiger partial charge in [0, 0.05) is 16.7 Å². The Morgan fingerprint density at radius 3 is 2.44 bits per heavy atom. The topological polar surface area (TPSA) is 109 Å². The predicted octanol–water partition coefficient (Wildman–Crippen LogP) is 3.76. The first kappa shape index (κ1) is 20.5. The number of rotatable bonds is 4. The molecule has 3 aromatic rings. The summed E-state index contributed by atoms with van der Waals surface area (Å²) in [6.45, 7) is -0.304. The smallest absolute Gasteiger partial charge is 0.271 e. The van der Waals surface area contributed by atoms with Crippen molar-refractivity contribution in [3.05, 3.63) is 66.2 Å². The number of anilines is 1. The van der Waals surface area contributed by atoms with Gasteiger partial charge in [-0.05, 0) is 36.5 Å². The van der Waals surface area contributed by atoms with E-state index in [2.05, 4.69) is 0 Å². The molecule has 1 aromatic heterocycles. The first-order valence-corrected chi connectivity index (χ1v) is 12.0. The van der Waals surface area contributed by atoms with Crippen molar-refractivity contribution in [3.8, 4) is 34.3 Å². The largest absolute Gasteiger partial charge is 0.458 e. The number of benzene rings is 2. The first-order chi connectivity index (χ1) is 15.4. The lowest BCUT2D eigenvalue weighted by atomic mass is 9.72. The normalized spacial score (nSPS) is 18.1. The van der Waals surface area contributed by atoms with Gasteiger partial charge in [-0.2, -0.15) is 5.26 Å². The minimum Gasteiger partial charge on any atom is -0.458 e. The second kappa shape index (κ2) is 7.62. The standard InChI is InChI=1S/C24H22N4O3S/c25-13-14-28-21-15-20(17-5-2-1-3-6-17)22(27-23(21)31-16-32(28,29)30)18-7-9-19(10-8-18)24(26)11-4-12-24/h1-3,5-10,15H,4,11-12,14,16,26H2. The van der Waals surface area contributed by atoms with Crippen LogP contribution in [0.1, 0.15) is 24.8 Å². The van der Waals surface area contributed by atoms with E-state index in [0.717, 1.165) is 45.8 Å². The number of aromatic nitrogens is 1. The molecule has 162 valence electrons. The molecular weight excluding hydrogens is 424 g/mol. The summed E-state index contributed by atoms with van der Waals surface area (Å²) < 4.78 is 31.6. The van der Waals surface area contributed by atoms with Gasteiger partial charge in [-0.15, -0.1) is 0 Å². The Balaban J connectivity index is 1.67. The van der Waals surface area contributed by atoms with Crippen LogP contribution in [0.3, 0.4) is 0 Å². The summed E-state index contributed by atoms with van der Waals surface area (Å²) in [7, 11) is -3.76. The maximum atomic E-state index is 12.5. The maximum absolute atomic E-state index is 12.5. The number of pyridine rings is 1. The van der Waals surface area contributed by atoms with Crippen LogP contribution in [-0.2, 0) is 15.6 Å². The zero-order chi connectivity index (χ0) is 22.3. The van der Waals surface area contributed by atoms with Crippen molar-refractivity contribution in [1.29, 1.82) is 5.26 Å². The van der Waals surface area contributed by atoms with Gasteiger partial charge >= 0.3 is 0 Å². The quantitative estimate of drug-likeness (QED) is 0.611. The van der Waals surface area contributed by atoms with Gasteiger partial charge in [0.25, 0.3) is 10.0 Å². The molecule has 0 unspecified atom stereocenters. The highest BCUT2D eigenvalue weighted by atomic mass is 32.2. The molecule has 8 heteroatoms. The number of nitrogens with zero attached hydrogens (tertiary/aromatic N) is 3. The van der Waals surface area contributed by atoms with E-state index in [4.69, 9.17) is 15.5 Å². The average molecular weight is 447 g/mol. The molecule has 1 aliphatic carbocycles. The highest BCUT2D eigenvalue weighted by Crippen LogP contribution is 2.43. The summed E-state index contributed by atoms with van der Waals surface area (Å²) in [6.07, 6.45) is 3.10. The fourth-order valence-corrected chi connectivity index (χ4v) is 5.30. The monoisotopic (exact) mass is 446 g/mol. The number of nitriles is 1. The van der Waals surface area contributed by atoms with Gasteiger partial charge in [-0.3, -0.25) is 0 Å². The number of ether oxygens (including phenoxy) is 1. The minimum atomic E-state index is -3.76. The summed E-state index contributed by atoms with van der Waals surface area (Å²) >= 11 is 0. The zero-order valence-corrected chi connectivity index (χ0v) is 18.2. The third kappa shape index (κ3) is 3.40. The molecule has 2 aromatic carbocycles. The van der Waals surface area contributed by atoms with Crippen LogP contribution in [-0.4, -0.2) is 25.9 Å². The van der Waals surface area contributed by atoms with Crippen molar-refractivity contribution in [2.75, 3.05) is 16.8 Å². The van der Waals surface area contributed by atoms with Crippen LogP contribution >= 0.6 is 0 Å². The van der Waals surface area contributed by atoms with E-state index in [-0.39, 0.29) is 23.7 Å². The van der Waals surface area contributed by atoms with E-state index < -0.39 is 16.0 Å². The van der Waals surface area contributed by atoms with E-state index in [1.54, 1.807) is 6.07 Å². The first-order valence-electron chi connectivity index (χ1n) is 10.4. The lowest BCUT2D eigenvalue weighted by molar-refractivity contribution is 0.253. The zero-order valence-electron chi connectivity index (χ0n) is 17.4. The summed E-state index contributed by atoms with van der Waals surface area (Å²) in [5.74, 6) is -0.351. The van der Waals surface area contributed by atoms with Crippen molar-refractivity contribution in [3.63, 3.8) is 0 Å². The second-order valence-corrected chi connectivity index (χ2v) is 10.0. The van der Waals surface area contributed by atoms with E-state index in [1.807, 2.05) is 60.7 Å². The summed E-state index contributed by atoms with van der Waals surface area (Å²) in [4.78, 5) is 4.71. The van der Waals surface area contributed by atoms with E-state index in [0.29, 0.717) is 5.69 Å². The fraction of sp³-hybridized carbons (Fsp3) is 0.250. The Morgan fingerprint density at radius 1 is 1.09 bits per heavy atom. The molecule has 1 saturated carbocycles. The molecular formula is C24H22N4O3S. The number of fused-ring (bicyclic) bond motifs is 1. The molecule has 1 fully saturated rings. The molecule has 2 aliphatic rings. The van der Waals surface area contributed by atoms with E-state index in [1.165, 1.54) is 0 Å². The molecule has 1 aliphatic heterocycles. The summed E-state index contributed by atoms with van der Waals surface area (Å²) in [6, 6.07) is 21.4. The highest BCUT2D eigenvalue weighted by Gasteiger charge is 2.35. The van der Waals surface area contributed by atoms with Gasteiger partial charge in [0.2, 0.25) is 11.8 Å². The number of hydrogen-bond acceptors (Lipinski definition) is 6. The highest BCUT2D eigenvalue weighted by molar-refractivity contribution is 7.92. The van der Waals surface area contributed by atoms with Gasteiger partial charge in [0.15, 0.2) is 0 Å². The Labute approximate surface area is 187 Å². The van der Waals surface area contributed by atoms with Crippen LogP contribution in [0.2, 0.25) is 0 Å². The SMILES string of the molecule is N#CCN1c2cc(-c3ccccc3)c(-c3ccc(C4(N)CCC4)cc3)nc2OCS1(=O)=O. The van der Waals surface area contributed by atoms with E-state index in [9.17, 15) is 13.7 Å². The molecule has 0 atom stereocenters. The predicted molar refractivity (Wildman–Crippen MR) is 122 cm³/mol. The van der Waals surface area contributed by atoms with Crippen molar-refractivity contribution >= 4 is 15.7 Å². The molecule has 0 spiro atoms. The third-order valence-electron chi connectivity index (χ3n) is 6.20. The lowest BCUT2D eigenvalue weighted by Crippen LogP contribution is -2.43. The van der Waals surface area contributed by atoms with Gasteiger partial charge in [-0.25, -0.2) is 17.7 Å². The number of sulfonamides is 1. The Morgan fingerprint density at radius 2 is 1.81 bits per heavy atom. The van der Waals surface area contributed by atoms with E-state index >= 15 is 0 Å². The molecule has 32 heavy (non-hydrogen) atoms. The maximum Gasteiger partial charge on any atom is 0.271 e. The Hall–Kier alpha value is -3.41. The van der Waals surface area contributed by atoms with Crippen LogP contribution in [0.15, 0.2) is 60.7 Å². The minimum absolute atomic E-state index is 0.197. The van der Waals surface area contributed by atoms with Gasteiger partial charge < -0.3 is 10.5 Å². The van der Waals surface area contributed by atoms with Crippen molar-refractivity contribution < 1.29 is 13.2 Å². The molecule has 0 amide bonds. The van der Waals surface area contributed by atoms with Crippen LogP contribution in [0.25, 0.3) is 22.4 Å². The molecule has 0 saturated heterocycles. The van der Waals surface area contributed by atoms with Gasteiger partial charge in [0.05, 0.1) is 11.8 Å². The lowest BCUT2D eigenvalue weighted by Gasteiger charge is -2.38. The molecule has 2 N–H and O–H groups in total. The average Bonchev–Trinajstić information content (AvgIpc) is 2.79. The summed E-state index contributed by atoms with van der Waals surface area (Å²) in [5.41, 5.74) is 10.8. The van der Waals surface area contributed by atoms with Gasteiger partial charge in [0.1, 0.15) is 12.2 Å².